The Kier molecular flexibility index (Phi) is 7.10. The maximum atomic E-state index is 13.2. The number of halogens is 1. The van der Waals surface area contributed by atoms with Gasteiger partial charge in [-0.2, -0.15) is 0 Å². The zero-order valence-electron chi connectivity index (χ0n) is 17.2. The smallest absolute Gasteiger partial charge is 0.255 e. The van der Waals surface area contributed by atoms with E-state index in [-0.39, 0.29) is 23.9 Å². The molecule has 30 heavy (non-hydrogen) atoms. The maximum Gasteiger partial charge on any atom is 0.255 e. The minimum atomic E-state index is -3.20. The largest absolute Gasteiger partial charge is 0.489 e. The van der Waals surface area contributed by atoms with Crippen LogP contribution in [0.2, 0.25) is 0 Å². The topological polar surface area (TPSA) is 75.7 Å². The summed E-state index contributed by atoms with van der Waals surface area (Å²) >= 11 is 0. The molecule has 2 aromatic carbocycles. The maximum absolute atomic E-state index is 13.2. The van der Waals surface area contributed by atoms with Crippen LogP contribution in [0.1, 0.15) is 48.1 Å². The molecule has 2 aromatic rings. The first-order valence-electron chi connectivity index (χ1n) is 10.0. The van der Waals surface area contributed by atoms with Crippen LogP contribution in [-0.4, -0.2) is 44.1 Å². The lowest BCUT2D eigenvalue weighted by atomic mass is 10.0. The second-order valence-electron chi connectivity index (χ2n) is 7.46. The van der Waals surface area contributed by atoms with Crippen LogP contribution in [0, 0.1) is 5.82 Å². The van der Waals surface area contributed by atoms with Crippen molar-refractivity contribution in [1.29, 1.82) is 0 Å². The lowest BCUT2D eigenvalue weighted by Crippen LogP contribution is -2.41. The summed E-state index contributed by atoms with van der Waals surface area (Å²) in [6.07, 6.45) is 2.84. The number of nitrogens with zero attached hydrogens (tertiary/aromatic N) is 1. The molecule has 1 N–H and O–H groups in total. The van der Waals surface area contributed by atoms with Crippen molar-refractivity contribution in [1.82, 2.24) is 9.62 Å². The summed E-state index contributed by atoms with van der Waals surface area (Å²) < 4.78 is 44.1. The van der Waals surface area contributed by atoms with E-state index < -0.39 is 10.0 Å². The Morgan fingerprint density at radius 2 is 1.80 bits per heavy atom. The molecule has 162 valence electrons. The first kappa shape index (κ1) is 22.2. The van der Waals surface area contributed by atoms with Crippen molar-refractivity contribution >= 4 is 15.9 Å². The molecule has 0 aromatic heterocycles. The number of piperidine rings is 1. The highest BCUT2D eigenvalue weighted by atomic mass is 32.2. The fraction of sp³-hybridized carbons (Fsp3) is 0.409. The van der Waals surface area contributed by atoms with Crippen molar-refractivity contribution in [2.45, 2.75) is 38.3 Å². The fourth-order valence-electron chi connectivity index (χ4n) is 3.57. The van der Waals surface area contributed by atoms with E-state index in [9.17, 15) is 17.6 Å². The molecule has 1 heterocycles. The molecule has 3 rings (SSSR count). The second-order valence-corrected chi connectivity index (χ2v) is 9.44. The fourth-order valence-corrected chi connectivity index (χ4v) is 4.44. The summed E-state index contributed by atoms with van der Waals surface area (Å²) in [6, 6.07) is 12.9. The van der Waals surface area contributed by atoms with Crippen LogP contribution < -0.4 is 10.1 Å². The van der Waals surface area contributed by atoms with E-state index in [0.29, 0.717) is 43.7 Å². The highest BCUT2D eigenvalue weighted by Gasteiger charge is 2.27. The number of hydrogen-bond acceptors (Lipinski definition) is 4. The highest BCUT2D eigenvalue weighted by molar-refractivity contribution is 7.88. The molecule has 0 bridgehead atoms. The SMILES string of the molecule is CCC(NC(=O)c1ccccc1OC1CCN(S(C)(=O)=O)CC1)c1ccc(F)cc1. The third-order valence-electron chi connectivity index (χ3n) is 5.28. The first-order valence-corrected chi connectivity index (χ1v) is 11.9. The van der Waals surface area contributed by atoms with Gasteiger partial charge in [-0.1, -0.05) is 31.2 Å². The molecule has 1 amide bonds. The molecular weight excluding hydrogens is 407 g/mol. The summed E-state index contributed by atoms with van der Waals surface area (Å²) in [5.41, 5.74) is 1.25. The third-order valence-corrected chi connectivity index (χ3v) is 6.58. The van der Waals surface area contributed by atoms with Crippen molar-refractivity contribution in [2.24, 2.45) is 0 Å². The van der Waals surface area contributed by atoms with Crippen molar-refractivity contribution in [3.05, 3.63) is 65.5 Å². The third kappa shape index (κ3) is 5.58. The number of hydrogen-bond donors (Lipinski definition) is 1. The zero-order chi connectivity index (χ0) is 21.7. The van der Waals surface area contributed by atoms with Crippen molar-refractivity contribution in [2.75, 3.05) is 19.3 Å². The molecule has 1 atom stereocenters. The van der Waals surface area contributed by atoms with E-state index in [1.54, 1.807) is 36.4 Å². The number of benzene rings is 2. The van der Waals surface area contributed by atoms with Gasteiger partial charge < -0.3 is 10.1 Å². The van der Waals surface area contributed by atoms with Crippen LogP contribution in [0.15, 0.2) is 48.5 Å². The Hall–Kier alpha value is -2.45. The van der Waals surface area contributed by atoms with Gasteiger partial charge in [-0.25, -0.2) is 17.1 Å². The minimum Gasteiger partial charge on any atom is -0.489 e. The van der Waals surface area contributed by atoms with E-state index in [1.165, 1.54) is 22.7 Å². The van der Waals surface area contributed by atoms with E-state index in [0.717, 1.165) is 5.56 Å². The van der Waals surface area contributed by atoms with Gasteiger partial charge in [-0.05, 0) is 49.1 Å². The molecule has 1 aliphatic heterocycles. The van der Waals surface area contributed by atoms with Gasteiger partial charge in [0.1, 0.15) is 17.7 Å². The molecule has 6 nitrogen and oxygen atoms in total. The Morgan fingerprint density at radius 3 is 2.40 bits per heavy atom. The van der Waals surface area contributed by atoms with E-state index in [1.807, 2.05) is 6.92 Å². The Balaban J connectivity index is 1.68. The van der Waals surface area contributed by atoms with Gasteiger partial charge in [0.25, 0.3) is 5.91 Å². The lowest BCUT2D eigenvalue weighted by Gasteiger charge is -2.31. The van der Waals surface area contributed by atoms with Gasteiger partial charge >= 0.3 is 0 Å². The van der Waals surface area contributed by atoms with E-state index in [4.69, 9.17) is 4.74 Å². The zero-order valence-corrected chi connectivity index (χ0v) is 18.0. The van der Waals surface area contributed by atoms with Crippen molar-refractivity contribution < 1.29 is 22.3 Å². The van der Waals surface area contributed by atoms with Gasteiger partial charge in [0, 0.05) is 13.1 Å². The highest BCUT2D eigenvalue weighted by Crippen LogP contribution is 2.25. The molecule has 0 saturated carbocycles. The Labute approximate surface area is 177 Å². The summed E-state index contributed by atoms with van der Waals surface area (Å²) in [6.45, 7) is 2.76. The van der Waals surface area contributed by atoms with Crippen LogP contribution in [0.5, 0.6) is 5.75 Å². The van der Waals surface area contributed by atoms with Crippen LogP contribution >= 0.6 is 0 Å². The van der Waals surface area contributed by atoms with E-state index >= 15 is 0 Å². The second kappa shape index (κ2) is 9.57. The number of carbonyl (C=O) groups excluding carboxylic acids is 1. The summed E-state index contributed by atoms with van der Waals surface area (Å²) in [4.78, 5) is 12.9. The number of para-hydroxylation sites is 1. The number of amides is 1. The van der Waals surface area contributed by atoms with Gasteiger partial charge in [0.2, 0.25) is 10.0 Å². The molecule has 0 spiro atoms. The lowest BCUT2D eigenvalue weighted by molar-refractivity contribution is 0.0921. The number of sulfonamides is 1. The monoisotopic (exact) mass is 434 g/mol. The average molecular weight is 435 g/mol. The molecule has 0 radical (unpaired) electrons. The molecule has 1 fully saturated rings. The number of rotatable bonds is 7. The minimum absolute atomic E-state index is 0.156. The predicted molar refractivity (Wildman–Crippen MR) is 113 cm³/mol. The average Bonchev–Trinajstić information content (AvgIpc) is 2.73. The first-order chi connectivity index (χ1) is 14.3. The molecular formula is C22H27FN2O4S. The normalized spacial score (nSPS) is 16.8. The summed E-state index contributed by atoms with van der Waals surface area (Å²) in [5, 5.41) is 2.99. The Bertz CT molecular complexity index is 971. The summed E-state index contributed by atoms with van der Waals surface area (Å²) in [7, 11) is -3.20. The summed E-state index contributed by atoms with van der Waals surface area (Å²) in [5.74, 6) is -0.113. The molecule has 1 aliphatic rings. The van der Waals surface area contributed by atoms with Crippen LogP contribution in [-0.2, 0) is 10.0 Å². The van der Waals surface area contributed by atoms with E-state index in [2.05, 4.69) is 5.32 Å². The molecule has 0 aliphatic carbocycles. The Morgan fingerprint density at radius 1 is 1.17 bits per heavy atom. The standard InChI is InChI=1S/C22H27FN2O4S/c1-3-20(16-8-10-17(23)11-9-16)24-22(26)19-6-4-5-7-21(19)29-18-12-14-25(15-13-18)30(2,27)28/h4-11,18,20H,3,12-15H2,1-2H3,(H,24,26). The number of carbonyl (C=O) groups is 1. The van der Waals surface area contributed by atoms with Crippen molar-refractivity contribution in [3.63, 3.8) is 0 Å². The molecule has 1 unspecified atom stereocenters. The van der Waals surface area contributed by atoms with Crippen LogP contribution in [0.25, 0.3) is 0 Å². The quantitative estimate of drug-likeness (QED) is 0.724. The van der Waals surface area contributed by atoms with Crippen LogP contribution in [0.4, 0.5) is 4.39 Å². The van der Waals surface area contributed by atoms with Crippen LogP contribution in [0.3, 0.4) is 0 Å². The van der Waals surface area contributed by atoms with Gasteiger partial charge in [-0.15, -0.1) is 0 Å². The van der Waals surface area contributed by atoms with Gasteiger partial charge in [0.05, 0.1) is 17.9 Å². The van der Waals surface area contributed by atoms with Gasteiger partial charge in [0.15, 0.2) is 0 Å². The number of nitrogens with one attached hydrogen (secondary N) is 1. The molecule has 8 heteroatoms. The predicted octanol–water partition coefficient (Wildman–Crippen LogP) is 3.51. The van der Waals surface area contributed by atoms with Gasteiger partial charge in [-0.3, -0.25) is 4.79 Å². The number of ether oxygens (including phenoxy) is 1. The molecule has 1 saturated heterocycles. The van der Waals surface area contributed by atoms with Crippen molar-refractivity contribution in [3.8, 4) is 5.75 Å².